The van der Waals surface area contributed by atoms with E-state index in [0.717, 1.165) is 11.1 Å². The molecule has 1 aromatic heterocycles. The highest BCUT2D eigenvalue weighted by Gasteiger charge is 2.24. The van der Waals surface area contributed by atoms with Gasteiger partial charge in [-0.15, -0.1) is 0 Å². The minimum Gasteiger partial charge on any atom is -0.258 e. The Hall–Kier alpha value is -2.73. The molecule has 0 radical (unpaired) electrons. The van der Waals surface area contributed by atoms with Gasteiger partial charge >= 0.3 is 5.69 Å². The van der Waals surface area contributed by atoms with E-state index >= 15 is 0 Å². The molecule has 0 bridgehead atoms. The highest BCUT2D eigenvalue weighted by atomic mass is 32.2. The molecule has 6 heteroatoms. The Kier molecular flexibility index (Phi) is 6.54. The lowest BCUT2D eigenvalue weighted by Gasteiger charge is -2.09. The molecular weight excluding hydrogens is 358 g/mol. The normalized spacial score (nSPS) is 10.7. The fourth-order valence-corrected chi connectivity index (χ4v) is 3.40. The zero-order valence-corrected chi connectivity index (χ0v) is 16.0. The topological polar surface area (TPSA) is 68.9 Å². The lowest BCUT2D eigenvalue weighted by molar-refractivity contribution is -0.387. The third-order valence-electron chi connectivity index (χ3n) is 4.36. The van der Waals surface area contributed by atoms with Crippen LogP contribution in [0.25, 0.3) is 0 Å². The summed E-state index contributed by atoms with van der Waals surface area (Å²) in [7, 11) is 0. The van der Waals surface area contributed by atoms with Gasteiger partial charge in [0.05, 0.1) is 4.92 Å². The summed E-state index contributed by atoms with van der Waals surface area (Å²) in [5.41, 5.74) is 3.39. The van der Waals surface area contributed by atoms with Crippen molar-refractivity contribution in [3.05, 3.63) is 93.3 Å². The summed E-state index contributed by atoms with van der Waals surface area (Å²) in [6.45, 7) is 0. The number of aromatic nitrogens is 2. The Morgan fingerprint density at radius 1 is 0.815 bits per heavy atom. The Morgan fingerprint density at radius 2 is 1.26 bits per heavy atom. The van der Waals surface area contributed by atoms with Gasteiger partial charge in [-0.05, 0) is 30.2 Å². The summed E-state index contributed by atoms with van der Waals surface area (Å²) in [5.74, 6) is 0. The third-order valence-corrected chi connectivity index (χ3v) is 4.91. The molecule has 0 fully saturated rings. The Balaban J connectivity index is 1.88. The van der Waals surface area contributed by atoms with Crippen LogP contribution in [0.5, 0.6) is 0 Å². The predicted octanol–water partition coefficient (Wildman–Crippen LogP) is 4.68. The van der Waals surface area contributed by atoms with Crippen molar-refractivity contribution >= 4 is 17.4 Å². The first kappa shape index (κ1) is 19.0. The van der Waals surface area contributed by atoms with Crippen LogP contribution < -0.4 is 0 Å². The summed E-state index contributed by atoms with van der Waals surface area (Å²) < 4.78 is 0. The zero-order valence-electron chi connectivity index (χ0n) is 15.2. The van der Waals surface area contributed by atoms with Crippen LogP contribution in [-0.2, 0) is 25.7 Å². The van der Waals surface area contributed by atoms with Crippen molar-refractivity contribution < 1.29 is 4.92 Å². The number of rotatable bonds is 8. The van der Waals surface area contributed by atoms with E-state index in [9.17, 15) is 10.1 Å². The first-order valence-corrected chi connectivity index (χ1v) is 10.1. The molecule has 0 spiro atoms. The fourth-order valence-electron chi connectivity index (χ4n) is 2.99. The van der Waals surface area contributed by atoms with E-state index < -0.39 is 0 Å². The zero-order chi connectivity index (χ0) is 19.1. The Labute approximate surface area is 163 Å². The summed E-state index contributed by atoms with van der Waals surface area (Å²) in [6.07, 6.45) is 4.36. The molecule has 0 unspecified atom stereocenters. The van der Waals surface area contributed by atoms with Crippen molar-refractivity contribution in [2.45, 2.75) is 30.8 Å². The van der Waals surface area contributed by atoms with Gasteiger partial charge in [0, 0.05) is 12.8 Å². The Bertz CT molecular complexity index is 837. The van der Waals surface area contributed by atoms with Crippen LogP contribution in [0, 0.1) is 10.1 Å². The number of nitrogens with zero attached hydrogens (tertiary/aromatic N) is 3. The van der Waals surface area contributed by atoms with Crippen LogP contribution in [0.4, 0.5) is 5.69 Å². The average molecular weight is 379 g/mol. The molecule has 0 aliphatic rings. The van der Waals surface area contributed by atoms with E-state index in [4.69, 9.17) is 0 Å². The molecular formula is C21H21N3O2S. The van der Waals surface area contributed by atoms with Gasteiger partial charge in [-0.25, -0.2) is 9.97 Å². The fraction of sp³-hybridized carbons (Fsp3) is 0.238. The molecule has 3 rings (SSSR count). The molecule has 5 nitrogen and oxygen atoms in total. The van der Waals surface area contributed by atoms with Gasteiger partial charge in [0.25, 0.3) is 0 Å². The second kappa shape index (κ2) is 9.28. The maximum absolute atomic E-state index is 11.8. The van der Waals surface area contributed by atoms with Crippen molar-refractivity contribution in [3.8, 4) is 0 Å². The van der Waals surface area contributed by atoms with Gasteiger partial charge < -0.3 is 0 Å². The lowest BCUT2D eigenvalue weighted by atomic mass is 10.0. The summed E-state index contributed by atoms with van der Waals surface area (Å²) in [4.78, 5) is 20.4. The molecule has 0 atom stereocenters. The third kappa shape index (κ3) is 5.14. The van der Waals surface area contributed by atoms with Crippen LogP contribution in [0.2, 0.25) is 0 Å². The van der Waals surface area contributed by atoms with E-state index in [1.165, 1.54) is 11.8 Å². The second-order valence-corrected chi connectivity index (χ2v) is 6.95. The number of aryl methyl sites for hydroxylation is 4. The molecule has 0 N–H and O–H groups in total. The van der Waals surface area contributed by atoms with Crippen molar-refractivity contribution in [2.75, 3.05) is 6.26 Å². The quantitative estimate of drug-likeness (QED) is 0.246. The van der Waals surface area contributed by atoms with E-state index in [1.54, 1.807) is 0 Å². The predicted molar refractivity (Wildman–Crippen MR) is 108 cm³/mol. The monoisotopic (exact) mass is 379 g/mol. The highest BCUT2D eigenvalue weighted by molar-refractivity contribution is 7.98. The van der Waals surface area contributed by atoms with Gasteiger partial charge in [-0.1, -0.05) is 72.4 Å². The smallest absolute Gasteiger partial charge is 0.258 e. The molecule has 2 aromatic carbocycles. The number of thioether (sulfide) groups is 1. The number of benzene rings is 2. The Morgan fingerprint density at radius 3 is 1.63 bits per heavy atom. The number of hydrogen-bond donors (Lipinski definition) is 0. The molecule has 0 aliphatic heterocycles. The highest BCUT2D eigenvalue weighted by Crippen LogP contribution is 2.26. The number of nitro groups is 1. The SMILES string of the molecule is CSc1nc(CCc2ccccc2)c([N+](=O)[O-])c(CCc2ccccc2)n1. The molecule has 0 aliphatic carbocycles. The van der Waals surface area contributed by atoms with Gasteiger partial charge in [0.15, 0.2) is 5.16 Å². The summed E-state index contributed by atoms with van der Waals surface area (Å²) in [5, 5.41) is 12.4. The van der Waals surface area contributed by atoms with E-state index in [1.807, 2.05) is 66.9 Å². The van der Waals surface area contributed by atoms with Crippen LogP contribution in [-0.4, -0.2) is 21.1 Å². The minimum absolute atomic E-state index is 0.0691. The van der Waals surface area contributed by atoms with Gasteiger partial charge in [-0.3, -0.25) is 10.1 Å². The van der Waals surface area contributed by atoms with Crippen molar-refractivity contribution in [3.63, 3.8) is 0 Å². The lowest BCUT2D eigenvalue weighted by Crippen LogP contribution is -2.09. The van der Waals surface area contributed by atoms with Crippen molar-refractivity contribution in [2.24, 2.45) is 0 Å². The molecule has 0 amide bonds. The molecule has 138 valence electrons. The van der Waals surface area contributed by atoms with Crippen LogP contribution in [0.15, 0.2) is 65.8 Å². The van der Waals surface area contributed by atoms with E-state index in [-0.39, 0.29) is 10.6 Å². The van der Waals surface area contributed by atoms with Gasteiger partial charge in [0.1, 0.15) is 11.4 Å². The van der Waals surface area contributed by atoms with E-state index in [0.29, 0.717) is 42.2 Å². The maximum Gasteiger partial charge on any atom is 0.312 e. The van der Waals surface area contributed by atoms with Crippen LogP contribution in [0.1, 0.15) is 22.5 Å². The molecule has 0 saturated heterocycles. The minimum atomic E-state index is -0.329. The molecule has 27 heavy (non-hydrogen) atoms. The first-order chi connectivity index (χ1) is 13.2. The molecule has 1 heterocycles. The summed E-state index contributed by atoms with van der Waals surface area (Å²) in [6, 6.07) is 19.9. The van der Waals surface area contributed by atoms with Crippen molar-refractivity contribution in [1.29, 1.82) is 0 Å². The number of hydrogen-bond acceptors (Lipinski definition) is 5. The summed E-state index contributed by atoms with van der Waals surface area (Å²) >= 11 is 1.42. The van der Waals surface area contributed by atoms with Gasteiger partial charge in [0.2, 0.25) is 0 Å². The van der Waals surface area contributed by atoms with Crippen LogP contribution in [0.3, 0.4) is 0 Å². The standard InChI is InChI=1S/C21H21N3O2S/c1-27-21-22-18(14-12-16-8-4-2-5-9-16)20(24(25)26)19(23-21)15-13-17-10-6-3-7-11-17/h2-11H,12-15H2,1H3. The largest absolute Gasteiger partial charge is 0.312 e. The molecule has 3 aromatic rings. The van der Waals surface area contributed by atoms with E-state index in [2.05, 4.69) is 9.97 Å². The van der Waals surface area contributed by atoms with Gasteiger partial charge in [-0.2, -0.15) is 0 Å². The van der Waals surface area contributed by atoms with Crippen molar-refractivity contribution in [1.82, 2.24) is 9.97 Å². The average Bonchev–Trinajstić information content (AvgIpc) is 2.71. The first-order valence-electron chi connectivity index (χ1n) is 8.83. The molecule has 0 saturated carbocycles. The maximum atomic E-state index is 11.8. The second-order valence-electron chi connectivity index (χ2n) is 6.18. The van der Waals surface area contributed by atoms with Crippen LogP contribution >= 0.6 is 11.8 Å².